The van der Waals surface area contributed by atoms with Gasteiger partial charge in [0.15, 0.2) is 0 Å². The number of halogens is 3. The lowest BCUT2D eigenvalue weighted by Gasteiger charge is -2.20. The van der Waals surface area contributed by atoms with Crippen molar-refractivity contribution < 1.29 is 0 Å². The molecule has 0 saturated carbocycles. The number of hydrogen-bond acceptors (Lipinski definition) is 2. The third-order valence-corrected chi connectivity index (χ3v) is 3.57. The normalized spacial score (nSPS) is 12.7. The summed E-state index contributed by atoms with van der Waals surface area (Å²) < 4.78 is 1.75. The van der Waals surface area contributed by atoms with Crippen molar-refractivity contribution in [2.75, 3.05) is 6.54 Å². The van der Waals surface area contributed by atoms with Crippen molar-refractivity contribution in [3.05, 3.63) is 50.7 Å². The maximum absolute atomic E-state index is 6.22. The van der Waals surface area contributed by atoms with Gasteiger partial charge in [-0.15, -0.1) is 0 Å². The van der Waals surface area contributed by atoms with Crippen LogP contribution in [0.3, 0.4) is 0 Å². The fourth-order valence-corrected chi connectivity index (χ4v) is 2.88. The molecule has 2 rings (SSSR count). The van der Waals surface area contributed by atoms with Crippen LogP contribution >= 0.6 is 34.8 Å². The fraction of sp³-hybridized carbons (Fsp3) is 0.308. The monoisotopic (exact) mass is 317 g/mol. The third kappa shape index (κ3) is 3.23. The van der Waals surface area contributed by atoms with Crippen LogP contribution in [0.4, 0.5) is 0 Å². The Balaban J connectivity index is 2.51. The van der Waals surface area contributed by atoms with E-state index < -0.39 is 0 Å². The summed E-state index contributed by atoms with van der Waals surface area (Å²) in [5.74, 6) is 0. The smallest absolute Gasteiger partial charge is 0.0837 e. The van der Waals surface area contributed by atoms with Gasteiger partial charge in [-0.25, -0.2) is 0 Å². The minimum Gasteiger partial charge on any atom is -0.305 e. The number of rotatable bonds is 4. The van der Waals surface area contributed by atoms with E-state index in [1.54, 1.807) is 16.9 Å². The topological polar surface area (TPSA) is 29.9 Å². The molecule has 6 heteroatoms. The first-order valence-electron chi connectivity index (χ1n) is 5.89. The van der Waals surface area contributed by atoms with Gasteiger partial charge < -0.3 is 5.32 Å². The van der Waals surface area contributed by atoms with Gasteiger partial charge in [0.2, 0.25) is 0 Å². The highest BCUT2D eigenvalue weighted by Crippen LogP contribution is 2.31. The summed E-state index contributed by atoms with van der Waals surface area (Å²) in [6, 6.07) is 5.37. The Morgan fingerprint density at radius 1 is 1.21 bits per heavy atom. The van der Waals surface area contributed by atoms with Crippen LogP contribution in [0.5, 0.6) is 0 Å². The van der Waals surface area contributed by atoms with Crippen LogP contribution in [-0.2, 0) is 7.05 Å². The van der Waals surface area contributed by atoms with E-state index in [0.29, 0.717) is 15.1 Å². The summed E-state index contributed by atoms with van der Waals surface area (Å²) in [7, 11) is 1.86. The van der Waals surface area contributed by atoms with Crippen molar-refractivity contribution in [1.82, 2.24) is 15.1 Å². The van der Waals surface area contributed by atoms with Crippen LogP contribution in [0.15, 0.2) is 24.4 Å². The molecule has 0 spiro atoms. The highest BCUT2D eigenvalue weighted by Gasteiger charge is 2.20. The average Bonchev–Trinajstić information content (AvgIpc) is 2.65. The summed E-state index contributed by atoms with van der Waals surface area (Å²) in [4.78, 5) is 0. The van der Waals surface area contributed by atoms with E-state index in [0.717, 1.165) is 17.8 Å². The van der Waals surface area contributed by atoms with Gasteiger partial charge in [-0.05, 0) is 30.3 Å². The molecule has 0 bridgehead atoms. The Labute approximate surface area is 127 Å². The number of aryl methyl sites for hydroxylation is 1. The maximum Gasteiger partial charge on any atom is 0.0837 e. The van der Waals surface area contributed by atoms with E-state index in [9.17, 15) is 0 Å². The lowest BCUT2D eigenvalue weighted by atomic mass is 10.0. The van der Waals surface area contributed by atoms with Crippen LogP contribution in [0.1, 0.15) is 24.2 Å². The molecule has 1 N–H and O–H groups in total. The summed E-state index contributed by atoms with van der Waals surface area (Å²) in [5.41, 5.74) is 1.85. The van der Waals surface area contributed by atoms with Crippen LogP contribution < -0.4 is 5.32 Å². The molecule has 0 saturated heterocycles. The number of benzene rings is 1. The van der Waals surface area contributed by atoms with Gasteiger partial charge >= 0.3 is 0 Å². The molecule has 2 aromatic rings. The lowest BCUT2D eigenvalue weighted by Crippen LogP contribution is -2.24. The Kier molecular flexibility index (Phi) is 4.74. The number of hydrogen-bond donors (Lipinski definition) is 1. The predicted octanol–water partition coefficient (Wildman–Crippen LogP) is 4.08. The second kappa shape index (κ2) is 6.14. The summed E-state index contributed by atoms with van der Waals surface area (Å²) >= 11 is 18.4. The van der Waals surface area contributed by atoms with Crippen molar-refractivity contribution in [3.63, 3.8) is 0 Å². The quantitative estimate of drug-likeness (QED) is 0.920. The van der Waals surface area contributed by atoms with Gasteiger partial charge in [-0.3, -0.25) is 4.68 Å². The van der Waals surface area contributed by atoms with Gasteiger partial charge in [0, 0.05) is 17.1 Å². The van der Waals surface area contributed by atoms with E-state index >= 15 is 0 Å². The van der Waals surface area contributed by atoms with Crippen LogP contribution in [0.2, 0.25) is 15.1 Å². The van der Waals surface area contributed by atoms with E-state index in [-0.39, 0.29) is 6.04 Å². The van der Waals surface area contributed by atoms with Crippen molar-refractivity contribution in [3.8, 4) is 0 Å². The zero-order valence-electron chi connectivity index (χ0n) is 10.6. The first-order valence-corrected chi connectivity index (χ1v) is 7.03. The minimum absolute atomic E-state index is 0.0961. The van der Waals surface area contributed by atoms with Crippen LogP contribution in [-0.4, -0.2) is 16.3 Å². The zero-order valence-corrected chi connectivity index (χ0v) is 12.9. The maximum atomic E-state index is 6.22. The average molecular weight is 319 g/mol. The molecule has 102 valence electrons. The molecule has 0 radical (unpaired) electrons. The Bertz CT molecular complexity index is 541. The van der Waals surface area contributed by atoms with Crippen LogP contribution in [0, 0.1) is 0 Å². The zero-order chi connectivity index (χ0) is 14.0. The first-order chi connectivity index (χ1) is 9.02. The molecule has 0 aliphatic heterocycles. The van der Waals surface area contributed by atoms with Crippen molar-refractivity contribution in [1.29, 1.82) is 0 Å². The SMILES string of the molecule is CCNC(c1cc(Cl)cc(Cl)c1)c1c(Cl)cnn1C. The highest BCUT2D eigenvalue weighted by molar-refractivity contribution is 6.34. The Morgan fingerprint density at radius 3 is 2.32 bits per heavy atom. The Hall–Kier alpha value is -0.740. The van der Waals surface area contributed by atoms with Gasteiger partial charge in [0.25, 0.3) is 0 Å². The molecule has 3 nitrogen and oxygen atoms in total. The Morgan fingerprint density at radius 2 is 1.84 bits per heavy atom. The molecule has 0 aliphatic rings. The van der Waals surface area contributed by atoms with Gasteiger partial charge in [0.05, 0.1) is 23.0 Å². The van der Waals surface area contributed by atoms with Gasteiger partial charge in [-0.2, -0.15) is 5.10 Å². The van der Waals surface area contributed by atoms with Crippen LogP contribution in [0.25, 0.3) is 0 Å². The van der Waals surface area contributed by atoms with Gasteiger partial charge in [0.1, 0.15) is 0 Å². The second-order valence-corrected chi connectivity index (χ2v) is 5.47. The molecule has 1 aromatic carbocycles. The molecule has 0 fully saturated rings. The van der Waals surface area contributed by atoms with Gasteiger partial charge in [-0.1, -0.05) is 41.7 Å². The number of nitrogens with zero attached hydrogens (tertiary/aromatic N) is 2. The summed E-state index contributed by atoms with van der Waals surface area (Å²) in [6.45, 7) is 2.82. The molecule has 1 heterocycles. The van der Waals surface area contributed by atoms with E-state index in [4.69, 9.17) is 34.8 Å². The van der Waals surface area contributed by atoms with E-state index in [2.05, 4.69) is 10.4 Å². The fourth-order valence-electron chi connectivity index (χ4n) is 2.06. The predicted molar refractivity (Wildman–Crippen MR) is 80.2 cm³/mol. The first kappa shape index (κ1) is 14.7. The molecule has 0 aliphatic carbocycles. The third-order valence-electron chi connectivity index (χ3n) is 2.84. The van der Waals surface area contributed by atoms with Crippen molar-refractivity contribution in [2.45, 2.75) is 13.0 Å². The standard InChI is InChI=1S/C13H14Cl3N3/c1-3-17-12(13-11(16)7-18-19(13)2)8-4-9(14)6-10(15)5-8/h4-7,12,17H,3H2,1-2H3. The van der Waals surface area contributed by atoms with E-state index in [1.165, 1.54) is 0 Å². The number of aromatic nitrogens is 2. The molecule has 1 atom stereocenters. The van der Waals surface area contributed by atoms with Crippen molar-refractivity contribution >= 4 is 34.8 Å². The largest absolute Gasteiger partial charge is 0.305 e. The molecular formula is C13H14Cl3N3. The second-order valence-electron chi connectivity index (χ2n) is 4.19. The molecule has 0 amide bonds. The minimum atomic E-state index is -0.0961. The number of nitrogens with one attached hydrogen (secondary N) is 1. The highest BCUT2D eigenvalue weighted by atomic mass is 35.5. The molecular weight excluding hydrogens is 305 g/mol. The molecule has 19 heavy (non-hydrogen) atoms. The van der Waals surface area contributed by atoms with Crippen molar-refractivity contribution in [2.24, 2.45) is 7.05 Å². The molecule has 1 aromatic heterocycles. The summed E-state index contributed by atoms with van der Waals surface area (Å²) in [6.07, 6.45) is 1.63. The van der Waals surface area contributed by atoms with E-state index in [1.807, 2.05) is 26.1 Å². The summed E-state index contributed by atoms with van der Waals surface area (Å²) in [5, 5.41) is 9.36. The molecule has 1 unspecified atom stereocenters. The lowest BCUT2D eigenvalue weighted by molar-refractivity contribution is 0.573.